The number of carbonyl (C=O) groups is 2. The van der Waals surface area contributed by atoms with Gasteiger partial charge >= 0.3 is 6.09 Å². The van der Waals surface area contributed by atoms with Gasteiger partial charge in [-0.2, -0.15) is 0 Å². The average Bonchev–Trinajstić information content (AvgIpc) is 2.82. The van der Waals surface area contributed by atoms with E-state index in [-0.39, 0.29) is 16.7 Å². The predicted molar refractivity (Wildman–Crippen MR) is 144 cm³/mol. The molecule has 0 saturated heterocycles. The highest BCUT2D eigenvalue weighted by molar-refractivity contribution is 5.90. The molecule has 0 radical (unpaired) electrons. The van der Waals surface area contributed by atoms with E-state index in [1.807, 2.05) is 42.5 Å². The van der Waals surface area contributed by atoms with Crippen LogP contribution in [0.4, 0.5) is 4.79 Å². The summed E-state index contributed by atoms with van der Waals surface area (Å²) in [5.74, 6) is 1.09. The highest BCUT2D eigenvalue weighted by Gasteiger charge is 2.41. The highest BCUT2D eigenvalue weighted by atomic mass is 16.6. The molecule has 1 saturated carbocycles. The third-order valence-corrected chi connectivity index (χ3v) is 6.87. The second-order valence-corrected chi connectivity index (χ2v) is 11.9. The lowest BCUT2D eigenvalue weighted by Gasteiger charge is -2.36. The van der Waals surface area contributed by atoms with Crippen molar-refractivity contribution in [3.8, 4) is 11.5 Å². The summed E-state index contributed by atoms with van der Waals surface area (Å²) >= 11 is 0. The zero-order chi connectivity index (χ0) is 26.6. The lowest BCUT2D eigenvalue weighted by atomic mass is 9.79. The number of carbonyl (C=O) groups excluding carboxylic acids is 2. The quantitative estimate of drug-likeness (QED) is 0.487. The van der Waals surface area contributed by atoms with Crippen molar-refractivity contribution in [2.45, 2.75) is 96.6 Å². The molecule has 0 atom stereocenters. The minimum atomic E-state index is -0.976. The summed E-state index contributed by atoms with van der Waals surface area (Å²) in [4.78, 5) is 26.5. The molecule has 6 heteroatoms. The van der Waals surface area contributed by atoms with Crippen molar-refractivity contribution < 1.29 is 19.1 Å². The Morgan fingerprint density at radius 1 is 0.889 bits per heavy atom. The Morgan fingerprint density at radius 3 is 1.94 bits per heavy atom. The van der Waals surface area contributed by atoms with Crippen LogP contribution in [0.2, 0.25) is 0 Å². The lowest BCUT2D eigenvalue weighted by Crippen LogP contribution is -2.60. The number of amides is 2. The standard InChI is InChI=1S/C30H42N2O4/c1-28(2,3)23-18-22(19-24(25(23)35-7)29(4,5)6)36-27(34)32-30(16-12-9-13-17-30)26(33)31-20-21-14-10-8-11-15-21/h8,10-11,14-15,18-19H,9,12-13,16-17,20H2,1-7H3,(H,31,33)(H,32,34). The number of hydrogen-bond acceptors (Lipinski definition) is 4. The maximum Gasteiger partial charge on any atom is 0.413 e. The van der Waals surface area contributed by atoms with Crippen molar-refractivity contribution in [3.63, 3.8) is 0 Å². The van der Waals surface area contributed by atoms with E-state index in [0.717, 1.165) is 41.7 Å². The molecule has 2 N–H and O–H groups in total. The highest BCUT2D eigenvalue weighted by Crippen LogP contribution is 2.42. The third-order valence-electron chi connectivity index (χ3n) is 6.87. The van der Waals surface area contributed by atoms with Gasteiger partial charge in [-0.1, -0.05) is 91.1 Å². The zero-order valence-electron chi connectivity index (χ0n) is 22.9. The first-order chi connectivity index (χ1) is 16.9. The normalized spacial score (nSPS) is 15.6. The van der Waals surface area contributed by atoms with Crippen molar-refractivity contribution in [3.05, 3.63) is 59.2 Å². The molecule has 36 heavy (non-hydrogen) atoms. The van der Waals surface area contributed by atoms with E-state index < -0.39 is 11.6 Å². The Balaban J connectivity index is 1.84. The minimum absolute atomic E-state index is 0.163. The minimum Gasteiger partial charge on any atom is -0.496 e. The van der Waals surface area contributed by atoms with Crippen LogP contribution < -0.4 is 20.1 Å². The number of rotatable bonds is 6. The molecule has 3 rings (SSSR count). The molecule has 2 aromatic rings. The van der Waals surface area contributed by atoms with Gasteiger partial charge in [0, 0.05) is 17.7 Å². The molecule has 1 aliphatic carbocycles. The molecule has 0 bridgehead atoms. The Bertz CT molecular complexity index is 1020. The number of methoxy groups -OCH3 is 1. The fourth-order valence-electron chi connectivity index (χ4n) is 4.83. The van der Waals surface area contributed by atoms with E-state index in [1.54, 1.807) is 7.11 Å². The number of nitrogens with one attached hydrogen (secondary N) is 2. The van der Waals surface area contributed by atoms with Gasteiger partial charge in [-0.3, -0.25) is 4.79 Å². The topological polar surface area (TPSA) is 76.7 Å². The second kappa shape index (κ2) is 10.9. The maximum absolute atomic E-state index is 13.3. The average molecular weight is 495 g/mol. The summed E-state index contributed by atoms with van der Waals surface area (Å²) in [5, 5.41) is 5.98. The van der Waals surface area contributed by atoms with Gasteiger partial charge in [0.15, 0.2) is 0 Å². The molecule has 2 aromatic carbocycles. The molecule has 1 aliphatic rings. The first-order valence-electron chi connectivity index (χ1n) is 12.9. The molecule has 2 amide bonds. The van der Waals surface area contributed by atoms with Gasteiger partial charge < -0.3 is 20.1 Å². The predicted octanol–water partition coefficient (Wildman–Crippen LogP) is 6.40. The Hall–Kier alpha value is -3.02. The van der Waals surface area contributed by atoms with Gasteiger partial charge in [-0.25, -0.2) is 4.79 Å². The van der Waals surface area contributed by atoms with Crippen LogP contribution in [-0.4, -0.2) is 24.6 Å². The molecule has 0 spiro atoms. The van der Waals surface area contributed by atoms with Gasteiger partial charge in [0.25, 0.3) is 0 Å². The van der Waals surface area contributed by atoms with Crippen LogP contribution in [0.5, 0.6) is 11.5 Å². The second-order valence-electron chi connectivity index (χ2n) is 11.9. The van der Waals surface area contributed by atoms with Crippen LogP contribution in [-0.2, 0) is 22.2 Å². The zero-order valence-corrected chi connectivity index (χ0v) is 22.9. The Labute approximate surface area is 216 Å². The lowest BCUT2D eigenvalue weighted by molar-refractivity contribution is -0.128. The Kier molecular flexibility index (Phi) is 8.37. The molecule has 196 valence electrons. The van der Waals surface area contributed by atoms with Crippen LogP contribution >= 0.6 is 0 Å². The number of ether oxygens (including phenoxy) is 2. The van der Waals surface area contributed by atoms with E-state index in [1.165, 1.54) is 0 Å². The van der Waals surface area contributed by atoms with Crippen LogP contribution in [0.25, 0.3) is 0 Å². The fraction of sp³-hybridized carbons (Fsp3) is 0.533. The van der Waals surface area contributed by atoms with Gasteiger partial charge in [0.2, 0.25) is 5.91 Å². The summed E-state index contributed by atoms with van der Waals surface area (Å²) in [6.45, 7) is 13.1. The van der Waals surface area contributed by atoms with Crippen molar-refractivity contribution in [2.75, 3.05) is 7.11 Å². The van der Waals surface area contributed by atoms with Gasteiger partial charge in [-0.15, -0.1) is 0 Å². The summed E-state index contributed by atoms with van der Waals surface area (Å²) in [7, 11) is 1.67. The monoisotopic (exact) mass is 494 g/mol. The summed E-state index contributed by atoms with van der Waals surface area (Å²) in [6.07, 6.45) is 3.37. The van der Waals surface area contributed by atoms with Crippen LogP contribution in [0.15, 0.2) is 42.5 Å². The summed E-state index contributed by atoms with van der Waals surface area (Å²) in [5.41, 5.74) is 1.53. The molecular formula is C30H42N2O4. The van der Waals surface area contributed by atoms with Crippen molar-refractivity contribution in [1.82, 2.24) is 10.6 Å². The molecule has 6 nitrogen and oxygen atoms in total. The molecule has 1 fully saturated rings. The molecule has 0 heterocycles. The molecule has 0 unspecified atom stereocenters. The van der Waals surface area contributed by atoms with Crippen LogP contribution in [0.3, 0.4) is 0 Å². The summed E-state index contributed by atoms with van der Waals surface area (Å²) in [6, 6.07) is 13.5. The molecular weight excluding hydrogens is 452 g/mol. The SMILES string of the molecule is COc1c(C(C)(C)C)cc(OC(=O)NC2(C(=O)NCc3ccccc3)CCCCC2)cc1C(C)(C)C. The fourth-order valence-corrected chi connectivity index (χ4v) is 4.83. The third kappa shape index (κ3) is 6.59. The van der Waals surface area contributed by atoms with E-state index in [2.05, 4.69) is 52.2 Å². The number of hydrogen-bond donors (Lipinski definition) is 2. The maximum atomic E-state index is 13.3. The van der Waals surface area contributed by atoms with Crippen LogP contribution in [0, 0.1) is 0 Å². The van der Waals surface area contributed by atoms with Crippen LogP contribution in [0.1, 0.15) is 90.3 Å². The van der Waals surface area contributed by atoms with Gasteiger partial charge in [0.05, 0.1) is 7.11 Å². The smallest absolute Gasteiger partial charge is 0.413 e. The van der Waals surface area contributed by atoms with Crippen molar-refractivity contribution >= 4 is 12.0 Å². The van der Waals surface area contributed by atoms with E-state index in [4.69, 9.17) is 9.47 Å². The largest absolute Gasteiger partial charge is 0.496 e. The van der Waals surface area contributed by atoms with Crippen molar-refractivity contribution in [1.29, 1.82) is 0 Å². The van der Waals surface area contributed by atoms with Gasteiger partial charge in [-0.05, 0) is 41.4 Å². The first kappa shape index (κ1) is 27.6. The summed E-state index contributed by atoms with van der Waals surface area (Å²) < 4.78 is 11.7. The molecule has 0 aliphatic heterocycles. The van der Waals surface area contributed by atoms with E-state index >= 15 is 0 Å². The first-order valence-corrected chi connectivity index (χ1v) is 12.9. The number of benzene rings is 2. The van der Waals surface area contributed by atoms with Gasteiger partial charge in [0.1, 0.15) is 17.0 Å². The molecule has 0 aromatic heterocycles. The van der Waals surface area contributed by atoms with E-state index in [0.29, 0.717) is 25.1 Å². The van der Waals surface area contributed by atoms with Crippen molar-refractivity contribution in [2.24, 2.45) is 0 Å². The van der Waals surface area contributed by atoms with E-state index in [9.17, 15) is 9.59 Å². The Morgan fingerprint density at radius 2 is 1.44 bits per heavy atom.